The van der Waals surface area contributed by atoms with Gasteiger partial charge in [0.15, 0.2) is 17.3 Å². The molecule has 4 rings (SSSR count). The Kier molecular flexibility index (Phi) is 4.09. The van der Waals surface area contributed by atoms with Gasteiger partial charge in [0, 0.05) is 12.6 Å². The fourth-order valence-corrected chi connectivity index (χ4v) is 4.12. The van der Waals surface area contributed by atoms with Crippen molar-refractivity contribution >= 4 is 17.7 Å². The van der Waals surface area contributed by atoms with Crippen LogP contribution in [0.2, 0.25) is 0 Å². The number of urea groups is 1. The molecule has 26 heavy (non-hydrogen) atoms. The van der Waals surface area contributed by atoms with E-state index in [2.05, 4.69) is 0 Å². The molecule has 1 aromatic carbocycles. The van der Waals surface area contributed by atoms with Gasteiger partial charge >= 0.3 is 6.03 Å². The van der Waals surface area contributed by atoms with Gasteiger partial charge in [-0.2, -0.15) is 0 Å². The molecule has 7 nitrogen and oxygen atoms in total. The second-order valence-corrected chi connectivity index (χ2v) is 7.11. The van der Waals surface area contributed by atoms with Gasteiger partial charge in [-0.3, -0.25) is 14.5 Å². The van der Waals surface area contributed by atoms with Crippen molar-refractivity contribution in [1.82, 2.24) is 9.80 Å². The third-order valence-corrected chi connectivity index (χ3v) is 5.65. The van der Waals surface area contributed by atoms with Crippen LogP contribution in [0.3, 0.4) is 0 Å². The molecule has 0 atom stereocenters. The van der Waals surface area contributed by atoms with Crippen LogP contribution < -0.4 is 9.47 Å². The lowest BCUT2D eigenvalue weighted by Gasteiger charge is -2.35. The predicted octanol–water partition coefficient (Wildman–Crippen LogP) is 2.24. The zero-order chi connectivity index (χ0) is 18.3. The number of fused-ring (bicyclic) bond motifs is 1. The first-order valence-corrected chi connectivity index (χ1v) is 9.05. The van der Waals surface area contributed by atoms with E-state index < -0.39 is 5.54 Å². The zero-order valence-corrected chi connectivity index (χ0v) is 14.8. The molecule has 0 N–H and O–H groups in total. The summed E-state index contributed by atoms with van der Waals surface area (Å²) in [5.41, 5.74) is -0.357. The van der Waals surface area contributed by atoms with Gasteiger partial charge in [0.25, 0.3) is 5.91 Å². The molecule has 2 fully saturated rings. The van der Waals surface area contributed by atoms with Crippen molar-refractivity contribution in [2.45, 2.75) is 37.6 Å². The molecule has 1 aliphatic carbocycles. The van der Waals surface area contributed by atoms with E-state index in [1.54, 1.807) is 25.2 Å². The third kappa shape index (κ3) is 2.53. The minimum Gasteiger partial charge on any atom is -0.486 e. The highest BCUT2D eigenvalue weighted by molar-refractivity contribution is 6.11. The second-order valence-electron chi connectivity index (χ2n) is 7.11. The zero-order valence-electron chi connectivity index (χ0n) is 14.8. The Hall–Kier alpha value is -2.57. The molecule has 1 saturated carbocycles. The van der Waals surface area contributed by atoms with Crippen LogP contribution in [-0.2, 0) is 4.79 Å². The summed E-state index contributed by atoms with van der Waals surface area (Å²) in [6.07, 6.45) is 4.26. The summed E-state index contributed by atoms with van der Waals surface area (Å²) >= 11 is 0. The molecule has 3 aliphatic rings. The number of amides is 3. The molecule has 1 aromatic rings. The van der Waals surface area contributed by atoms with Crippen molar-refractivity contribution < 1.29 is 23.9 Å². The fraction of sp³-hybridized carbons (Fsp3) is 0.526. The van der Waals surface area contributed by atoms with Gasteiger partial charge in [0.1, 0.15) is 18.8 Å². The highest BCUT2D eigenvalue weighted by atomic mass is 16.6. The van der Waals surface area contributed by atoms with E-state index in [0.717, 1.165) is 24.2 Å². The number of rotatable bonds is 3. The van der Waals surface area contributed by atoms with E-state index in [9.17, 15) is 14.4 Å². The lowest BCUT2D eigenvalue weighted by Crippen LogP contribution is -2.49. The number of imide groups is 1. The summed E-state index contributed by atoms with van der Waals surface area (Å²) in [5, 5.41) is 0. The first kappa shape index (κ1) is 16.9. The molecule has 138 valence electrons. The van der Waals surface area contributed by atoms with Gasteiger partial charge in [-0.05, 0) is 31.0 Å². The van der Waals surface area contributed by atoms with Gasteiger partial charge in [0.05, 0.1) is 6.54 Å². The van der Waals surface area contributed by atoms with Crippen LogP contribution in [0.25, 0.3) is 0 Å². The third-order valence-electron chi connectivity index (χ3n) is 5.65. The Morgan fingerprint density at radius 1 is 1.08 bits per heavy atom. The average molecular weight is 358 g/mol. The molecule has 0 bridgehead atoms. The standard InChI is InChI=1S/C19H22N2O5/c1-20-18(24)21(17(23)19(20)7-3-2-4-8-19)12-14(22)13-5-6-15-16(11-13)26-10-9-25-15/h5-6,11H,2-4,7-10,12H2,1H3. The van der Waals surface area contributed by atoms with E-state index in [4.69, 9.17) is 9.47 Å². The van der Waals surface area contributed by atoms with Crippen LogP contribution in [0.5, 0.6) is 11.5 Å². The lowest BCUT2D eigenvalue weighted by atomic mass is 9.80. The number of Topliss-reactive ketones (excluding diaryl/α,β-unsaturated/α-hetero) is 1. The van der Waals surface area contributed by atoms with E-state index in [0.29, 0.717) is 43.1 Å². The SMILES string of the molecule is CN1C(=O)N(CC(=O)c2ccc3c(c2)OCCO3)C(=O)C12CCCCC2. The largest absolute Gasteiger partial charge is 0.486 e. The molecule has 1 spiro atoms. The Morgan fingerprint density at radius 3 is 2.50 bits per heavy atom. The average Bonchev–Trinajstić information content (AvgIpc) is 2.84. The van der Waals surface area contributed by atoms with E-state index in [1.807, 2.05) is 0 Å². The quantitative estimate of drug-likeness (QED) is 0.612. The van der Waals surface area contributed by atoms with Crippen molar-refractivity contribution in [1.29, 1.82) is 0 Å². The molecule has 0 radical (unpaired) electrons. The predicted molar refractivity (Wildman–Crippen MR) is 92.5 cm³/mol. The lowest BCUT2D eigenvalue weighted by molar-refractivity contribution is -0.134. The van der Waals surface area contributed by atoms with Gasteiger partial charge in [-0.1, -0.05) is 19.3 Å². The number of carbonyl (C=O) groups is 3. The Labute approximate surface area is 151 Å². The molecular formula is C19H22N2O5. The van der Waals surface area contributed by atoms with Gasteiger partial charge in [0.2, 0.25) is 0 Å². The normalized spacial score (nSPS) is 21.4. The fourth-order valence-electron chi connectivity index (χ4n) is 4.12. The highest BCUT2D eigenvalue weighted by Crippen LogP contribution is 2.39. The number of ketones is 1. The number of hydrogen-bond donors (Lipinski definition) is 0. The first-order chi connectivity index (χ1) is 12.5. The molecule has 2 heterocycles. The molecule has 1 saturated heterocycles. The van der Waals surface area contributed by atoms with Crippen molar-refractivity contribution in [2.24, 2.45) is 0 Å². The number of carbonyl (C=O) groups excluding carboxylic acids is 3. The summed E-state index contributed by atoms with van der Waals surface area (Å²) in [4.78, 5) is 40.9. The smallest absolute Gasteiger partial charge is 0.327 e. The number of nitrogens with zero attached hydrogens (tertiary/aromatic N) is 2. The molecule has 7 heteroatoms. The molecule has 0 aromatic heterocycles. The number of benzene rings is 1. The second kappa shape index (κ2) is 6.30. The number of hydrogen-bond acceptors (Lipinski definition) is 5. The maximum atomic E-state index is 13.0. The Balaban J connectivity index is 1.54. The minimum atomic E-state index is -0.761. The highest BCUT2D eigenvalue weighted by Gasteiger charge is 2.55. The number of ether oxygens (including phenoxy) is 2. The van der Waals surface area contributed by atoms with Gasteiger partial charge in [-0.25, -0.2) is 4.79 Å². The summed E-state index contributed by atoms with van der Waals surface area (Å²) in [6, 6.07) is 4.55. The summed E-state index contributed by atoms with van der Waals surface area (Å²) in [6.45, 7) is 0.663. The Bertz CT molecular complexity index is 769. The number of likely N-dealkylation sites (N-methyl/N-ethyl adjacent to an activating group) is 1. The van der Waals surface area contributed by atoms with Crippen LogP contribution in [0, 0.1) is 0 Å². The van der Waals surface area contributed by atoms with Crippen LogP contribution in [0.15, 0.2) is 18.2 Å². The van der Waals surface area contributed by atoms with Gasteiger partial charge in [-0.15, -0.1) is 0 Å². The van der Waals surface area contributed by atoms with Crippen molar-refractivity contribution in [3.8, 4) is 11.5 Å². The maximum absolute atomic E-state index is 13.0. The van der Waals surface area contributed by atoms with Crippen molar-refractivity contribution in [3.05, 3.63) is 23.8 Å². The molecule has 3 amide bonds. The first-order valence-electron chi connectivity index (χ1n) is 9.05. The van der Waals surface area contributed by atoms with E-state index in [-0.39, 0.29) is 24.3 Å². The topological polar surface area (TPSA) is 76.2 Å². The summed E-state index contributed by atoms with van der Waals surface area (Å²) in [7, 11) is 1.67. The van der Waals surface area contributed by atoms with Crippen molar-refractivity contribution in [3.63, 3.8) is 0 Å². The van der Waals surface area contributed by atoms with E-state index in [1.165, 1.54) is 4.90 Å². The van der Waals surface area contributed by atoms with Crippen molar-refractivity contribution in [2.75, 3.05) is 26.8 Å². The van der Waals surface area contributed by atoms with E-state index >= 15 is 0 Å². The van der Waals surface area contributed by atoms with Gasteiger partial charge < -0.3 is 14.4 Å². The van der Waals surface area contributed by atoms with Crippen LogP contribution >= 0.6 is 0 Å². The minimum absolute atomic E-state index is 0.240. The van der Waals surface area contributed by atoms with Crippen LogP contribution in [-0.4, -0.2) is 59.9 Å². The summed E-state index contributed by atoms with van der Waals surface area (Å²) in [5.74, 6) is 0.588. The van der Waals surface area contributed by atoms with Crippen LogP contribution in [0.4, 0.5) is 4.79 Å². The summed E-state index contributed by atoms with van der Waals surface area (Å²) < 4.78 is 11.0. The Morgan fingerprint density at radius 2 is 1.77 bits per heavy atom. The van der Waals surface area contributed by atoms with Crippen LogP contribution in [0.1, 0.15) is 42.5 Å². The molecular weight excluding hydrogens is 336 g/mol. The maximum Gasteiger partial charge on any atom is 0.327 e. The molecule has 2 aliphatic heterocycles. The molecule has 0 unspecified atom stereocenters. The monoisotopic (exact) mass is 358 g/mol.